The van der Waals surface area contributed by atoms with Crippen LogP contribution >= 0.6 is 11.6 Å². The Morgan fingerprint density at radius 2 is 2.00 bits per heavy atom. The lowest BCUT2D eigenvalue weighted by atomic mass is 10.1. The Hall–Kier alpha value is -2.21. The highest BCUT2D eigenvalue weighted by Crippen LogP contribution is 2.21. The molecule has 0 unspecified atom stereocenters. The molecule has 1 aromatic heterocycles. The van der Waals surface area contributed by atoms with Gasteiger partial charge in [-0.1, -0.05) is 25.4 Å². The van der Waals surface area contributed by atoms with E-state index in [-0.39, 0.29) is 10.9 Å². The zero-order chi connectivity index (χ0) is 16.8. The van der Waals surface area contributed by atoms with Crippen LogP contribution in [0.15, 0.2) is 30.6 Å². The summed E-state index contributed by atoms with van der Waals surface area (Å²) >= 11 is 5.71. The van der Waals surface area contributed by atoms with Gasteiger partial charge in [0.1, 0.15) is 5.82 Å². The zero-order valence-electron chi connectivity index (χ0n) is 12.9. The van der Waals surface area contributed by atoms with Crippen molar-refractivity contribution in [1.82, 2.24) is 15.3 Å². The number of aromatic nitrogens is 2. The zero-order valence-corrected chi connectivity index (χ0v) is 13.7. The summed E-state index contributed by atoms with van der Waals surface area (Å²) in [5.41, 5.74) is 0.946. The normalized spacial score (nSPS) is 10.7. The molecule has 2 rings (SSSR count). The Morgan fingerprint density at radius 3 is 2.61 bits per heavy atom. The summed E-state index contributed by atoms with van der Waals surface area (Å²) < 4.78 is 13.1. The van der Waals surface area contributed by atoms with Crippen LogP contribution in [0.25, 0.3) is 0 Å². The summed E-state index contributed by atoms with van der Waals surface area (Å²) in [4.78, 5) is 20.0. The molecular formula is C16H18ClFN4O. The molecule has 0 aliphatic carbocycles. The van der Waals surface area contributed by atoms with Gasteiger partial charge in [-0.15, -0.1) is 0 Å². The number of halogens is 2. The maximum absolute atomic E-state index is 13.1. The molecule has 0 bridgehead atoms. The highest BCUT2D eigenvalue weighted by Gasteiger charge is 2.08. The summed E-state index contributed by atoms with van der Waals surface area (Å²) in [5, 5.41) is 5.72. The molecule has 122 valence electrons. The van der Waals surface area contributed by atoms with Crippen LogP contribution in [0.3, 0.4) is 0 Å². The first-order valence-electron chi connectivity index (χ1n) is 7.28. The number of hydrogen-bond donors (Lipinski definition) is 2. The monoisotopic (exact) mass is 336 g/mol. The minimum atomic E-state index is -0.494. The van der Waals surface area contributed by atoms with E-state index in [0.717, 1.165) is 6.42 Å². The Bertz CT molecular complexity index is 676. The molecule has 0 aliphatic heterocycles. The fourth-order valence-electron chi connectivity index (χ4n) is 1.79. The largest absolute Gasteiger partial charge is 0.352 e. The number of nitrogens with one attached hydrogen (secondary N) is 2. The Morgan fingerprint density at radius 1 is 1.30 bits per heavy atom. The molecule has 0 saturated heterocycles. The van der Waals surface area contributed by atoms with E-state index in [1.807, 2.05) is 0 Å². The quantitative estimate of drug-likeness (QED) is 0.842. The number of nitrogens with zero attached hydrogens (tertiary/aromatic N) is 2. The van der Waals surface area contributed by atoms with Gasteiger partial charge in [0.15, 0.2) is 0 Å². The second-order valence-corrected chi connectivity index (χ2v) is 5.89. The first-order chi connectivity index (χ1) is 11.0. The molecular weight excluding hydrogens is 319 g/mol. The summed E-state index contributed by atoms with van der Waals surface area (Å²) in [5.74, 6) is 0.126. The van der Waals surface area contributed by atoms with Gasteiger partial charge >= 0.3 is 0 Å². The van der Waals surface area contributed by atoms with E-state index in [4.69, 9.17) is 11.6 Å². The molecule has 23 heavy (non-hydrogen) atoms. The molecule has 1 aromatic carbocycles. The van der Waals surface area contributed by atoms with E-state index >= 15 is 0 Å². The van der Waals surface area contributed by atoms with Gasteiger partial charge < -0.3 is 10.6 Å². The van der Waals surface area contributed by atoms with Crippen LogP contribution in [-0.4, -0.2) is 22.4 Å². The second kappa shape index (κ2) is 7.87. The van der Waals surface area contributed by atoms with Gasteiger partial charge in [-0.25, -0.2) is 14.4 Å². The predicted molar refractivity (Wildman–Crippen MR) is 88.5 cm³/mol. The van der Waals surface area contributed by atoms with Gasteiger partial charge in [-0.05, 0) is 30.5 Å². The summed E-state index contributed by atoms with van der Waals surface area (Å²) in [6, 6.07) is 4.21. The van der Waals surface area contributed by atoms with Crippen molar-refractivity contribution in [3.63, 3.8) is 0 Å². The molecule has 0 radical (unpaired) electrons. The Labute approximate surface area is 139 Å². The van der Waals surface area contributed by atoms with Crippen LogP contribution in [0, 0.1) is 11.7 Å². The lowest BCUT2D eigenvalue weighted by Crippen LogP contribution is -2.25. The number of carbonyl (C=O) groups is 1. The summed E-state index contributed by atoms with van der Waals surface area (Å²) in [6.45, 7) is 4.81. The lowest BCUT2D eigenvalue weighted by molar-refractivity contribution is 0.0951. The van der Waals surface area contributed by atoms with Crippen LogP contribution in [0.4, 0.5) is 16.0 Å². The molecule has 0 fully saturated rings. The van der Waals surface area contributed by atoms with E-state index in [9.17, 15) is 9.18 Å². The summed E-state index contributed by atoms with van der Waals surface area (Å²) in [7, 11) is 0. The average molecular weight is 337 g/mol. The molecule has 0 atom stereocenters. The molecule has 0 aliphatic rings. The fourth-order valence-corrected chi connectivity index (χ4v) is 1.97. The SMILES string of the molecule is CC(C)CCNC(=O)c1cnc(Nc2ccc(F)c(Cl)c2)nc1. The third-order valence-corrected chi connectivity index (χ3v) is 3.39. The smallest absolute Gasteiger partial charge is 0.254 e. The van der Waals surface area contributed by atoms with Gasteiger partial charge in [0.05, 0.1) is 10.6 Å². The molecule has 0 spiro atoms. The van der Waals surface area contributed by atoms with Crippen molar-refractivity contribution >= 4 is 29.1 Å². The van der Waals surface area contributed by atoms with E-state index < -0.39 is 5.82 Å². The minimum absolute atomic E-state index is 0.0103. The fraction of sp³-hybridized carbons (Fsp3) is 0.312. The summed E-state index contributed by atoms with van der Waals surface area (Å²) in [6.07, 6.45) is 3.79. The molecule has 7 heteroatoms. The molecule has 1 heterocycles. The van der Waals surface area contributed by atoms with Crippen molar-refractivity contribution in [2.75, 3.05) is 11.9 Å². The van der Waals surface area contributed by atoms with Crippen LogP contribution < -0.4 is 10.6 Å². The maximum atomic E-state index is 13.1. The molecule has 5 nitrogen and oxygen atoms in total. The average Bonchev–Trinajstić information content (AvgIpc) is 2.51. The molecule has 1 amide bonds. The van der Waals surface area contributed by atoms with Crippen LogP contribution in [-0.2, 0) is 0 Å². The Kier molecular flexibility index (Phi) is 5.87. The van der Waals surface area contributed by atoms with Gasteiger partial charge in [-0.2, -0.15) is 0 Å². The maximum Gasteiger partial charge on any atom is 0.254 e. The molecule has 2 aromatic rings. The number of hydrogen-bond acceptors (Lipinski definition) is 4. The van der Waals surface area contributed by atoms with Gasteiger partial charge in [0.2, 0.25) is 5.95 Å². The van der Waals surface area contributed by atoms with Crippen molar-refractivity contribution in [2.24, 2.45) is 5.92 Å². The number of rotatable bonds is 6. The van der Waals surface area contributed by atoms with Crippen molar-refractivity contribution in [3.8, 4) is 0 Å². The predicted octanol–water partition coefficient (Wildman–Crippen LogP) is 3.79. The minimum Gasteiger partial charge on any atom is -0.352 e. The first-order valence-corrected chi connectivity index (χ1v) is 7.66. The van der Waals surface area contributed by atoms with Crippen molar-refractivity contribution in [2.45, 2.75) is 20.3 Å². The lowest BCUT2D eigenvalue weighted by Gasteiger charge is -2.08. The topological polar surface area (TPSA) is 66.9 Å². The van der Waals surface area contributed by atoms with Crippen LogP contribution in [0.1, 0.15) is 30.6 Å². The third kappa shape index (κ3) is 5.17. The third-order valence-electron chi connectivity index (χ3n) is 3.10. The standard InChI is InChI=1S/C16H18ClFN4O/c1-10(2)5-6-19-15(23)11-8-20-16(21-9-11)22-12-3-4-14(18)13(17)7-12/h3-4,7-10H,5-6H2,1-2H3,(H,19,23)(H,20,21,22). The van der Waals surface area contributed by atoms with Gasteiger partial charge in [0.25, 0.3) is 5.91 Å². The van der Waals surface area contributed by atoms with E-state index in [1.54, 1.807) is 0 Å². The van der Waals surface area contributed by atoms with E-state index in [0.29, 0.717) is 29.7 Å². The highest BCUT2D eigenvalue weighted by atomic mass is 35.5. The number of benzene rings is 1. The van der Waals surface area contributed by atoms with Gasteiger partial charge in [-0.3, -0.25) is 4.79 Å². The van der Waals surface area contributed by atoms with Gasteiger partial charge in [0, 0.05) is 24.6 Å². The second-order valence-electron chi connectivity index (χ2n) is 5.49. The van der Waals surface area contributed by atoms with Crippen molar-refractivity contribution < 1.29 is 9.18 Å². The number of amides is 1. The molecule has 2 N–H and O–H groups in total. The van der Waals surface area contributed by atoms with E-state index in [1.165, 1.54) is 30.6 Å². The van der Waals surface area contributed by atoms with Crippen molar-refractivity contribution in [1.29, 1.82) is 0 Å². The highest BCUT2D eigenvalue weighted by molar-refractivity contribution is 6.31. The van der Waals surface area contributed by atoms with Crippen molar-refractivity contribution in [3.05, 3.63) is 47.0 Å². The number of anilines is 2. The van der Waals surface area contributed by atoms with Crippen LogP contribution in [0.5, 0.6) is 0 Å². The van der Waals surface area contributed by atoms with E-state index in [2.05, 4.69) is 34.4 Å². The number of carbonyl (C=O) groups excluding carboxylic acids is 1. The van der Waals surface area contributed by atoms with Crippen LogP contribution in [0.2, 0.25) is 5.02 Å². The Balaban J connectivity index is 1.96. The molecule has 0 saturated carbocycles. The first kappa shape index (κ1) is 17.1.